The van der Waals surface area contributed by atoms with Gasteiger partial charge in [0.05, 0.1) is 11.6 Å². The Labute approximate surface area is 102 Å². The third-order valence-electron chi connectivity index (χ3n) is 1.76. The third-order valence-corrected chi connectivity index (χ3v) is 3.81. The summed E-state index contributed by atoms with van der Waals surface area (Å²) in [6.45, 7) is 0. The first kappa shape index (κ1) is 12.2. The van der Waals surface area contributed by atoms with E-state index in [9.17, 15) is 9.90 Å². The summed E-state index contributed by atoms with van der Waals surface area (Å²) in [6.07, 6.45) is -1.72. The second-order valence-corrected chi connectivity index (χ2v) is 4.32. The Morgan fingerprint density at radius 2 is 2.07 bits per heavy atom. The number of benzene rings is 1. The highest BCUT2D eigenvalue weighted by molar-refractivity contribution is 9.13. The van der Waals surface area contributed by atoms with Gasteiger partial charge < -0.3 is 10.2 Å². The van der Waals surface area contributed by atoms with E-state index in [2.05, 4.69) is 31.9 Å². The van der Waals surface area contributed by atoms with Crippen molar-refractivity contribution in [2.45, 2.75) is 6.10 Å². The van der Waals surface area contributed by atoms with Crippen LogP contribution in [0.2, 0.25) is 0 Å². The number of carboxylic acids is 1. The van der Waals surface area contributed by atoms with Crippen molar-refractivity contribution in [3.05, 3.63) is 32.2 Å². The fraction of sp³-hybridized carbons (Fsp3) is 0.111. The monoisotopic (exact) mass is 333 g/mol. The molecule has 0 amide bonds. The third kappa shape index (κ3) is 2.37. The topological polar surface area (TPSA) is 81.3 Å². The number of hydrogen-bond acceptors (Lipinski definition) is 3. The van der Waals surface area contributed by atoms with Gasteiger partial charge in [-0.2, -0.15) is 5.26 Å². The van der Waals surface area contributed by atoms with E-state index in [0.29, 0.717) is 8.95 Å². The van der Waals surface area contributed by atoms with E-state index in [4.69, 9.17) is 10.4 Å². The molecule has 2 N–H and O–H groups in total. The lowest BCUT2D eigenvalue weighted by Gasteiger charge is -2.11. The highest BCUT2D eigenvalue weighted by Gasteiger charge is 2.23. The Kier molecular flexibility index (Phi) is 3.85. The van der Waals surface area contributed by atoms with Gasteiger partial charge in [-0.1, -0.05) is 0 Å². The molecule has 1 aromatic rings. The molecule has 0 heterocycles. The lowest BCUT2D eigenvalue weighted by Crippen LogP contribution is -2.13. The molecule has 0 radical (unpaired) electrons. The molecule has 0 spiro atoms. The Morgan fingerprint density at radius 1 is 1.47 bits per heavy atom. The Bertz CT molecular complexity index is 453. The van der Waals surface area contributed by atoms with Crippen molar-refractivity contribution in [3.8, 4) is 6.07 Å². The van der Waals surface area contributed by atoms with E-state index in [1.165, 1.54) is 6.07 Å². The molecule has 0 aromatic heterocycles. The van der Waals surface area contributed by atoms with Gasteiger partial charge in [-0.3, -0.25) is 0 Å². The minimum atomic E-state index is -1.72. The lowest BCUT2D eigenvalue weighted by molar-refractivity contribution is -0.147. The molecule has 0 aliphatic carbocycles. The van der Waals surface area contributed by atoms with Crippen LogP contribution in [0.15, 0.2) is 21.1 Å². The standard InChI is InChI=1S/C9H5Br2NO3/c10-5-2-1-4(3-12)6(7(5)11)8(13)9(14)15/h1-2,8,13H,(H,14,15). The molecule has 1 atom stereocenters. The minimum absolute atomic E-state index is 0.0550. The van der Waals surface area contributed by atoms with Crippen LogP contribution in [0.3, 0.4) is 0 Å². The van der Waals surface area contributed by atoms with Gasteiger partial charge in [-0.05, 0) is 44.0 Å². The quantitative estimate of drug-likeness (QED) is 0.868. The van der Waals surface area contributed by atoms with E-state index in [1.807, 2.05) is 6.07 Å². The van der Waals surface area contributed by atoms with Gasteiger partial charge in [0.25, 0.3) is 0 Å². The van der Waals surface area contributed by atoms with Crippen molar-refractivity contribution in [1.29, 1.82) is 5.26 Å². The van der Waals surface area contributed by atoms with Gasteiger partial charge >= 0.3 is 5.97 Å². The van der Waals surface area contributed by atoms with Crippen LogP contribution in [0.5, 0.6) is 0 Å². The molecule has 0 aliphatic heterocycles. The highest BCUT2D eigenvalue weighted by Crippen LogP contribution is 2.33. The largest absolute Gasteiger partial charge is 0.479 e. The molecular weight excluding hydrogens is 330 g/mol. The molecule has 0 saturated heterocycles. The summed E-state index contributed by atoms with van der Waals surface area (Å²) in [4.78, 5) is 10.6. The zero-order valence-electron chi connectivity index (χ0n) is 7.24. The Hall–Kier alpha value is -0.900. The normalized spacial score (nSPS) is 11.9. The summed E-state index contributed by atoms with van der Waals surface area (Å²) in [5.41, 5.74) is 0.180. The molecule has 78 valence electrons. The average molecular weight is 335 g/mol. The van der Waals surface area contributed by atoms with Crippen LogP contribution in [0, 0.1) is 11.3 Å². The van der Waals surface area contributed by atoms with Gasteiger partial charge in [0.15, 0.2) is 6.10 Å². The van der Waals surface area contributed by atoms with Crippen molar-refractivity contribution in [3.63, 3.8) is 0 Å². The molecule has 6 heteroatoms. The predicted octanol–water partition coefficient (Wildman–Crippen LogP) is 2.20. The summed E-state index contributed by atoms with van der Waals surface area (Å²) in [6, 6.07) is 4.86. The molecule has 0 aliphatic rings. The molecule has 1 unspecified atom stereocenters. The molecule has 1 rings (SSSR count). The van der Waals surface area contributed by atoms with Gasteiger partial charge in [0.1, 0.15) is 0 Å². The predicted molar refractivity (Wildman–Crippen MR) is 59.2 cm³/mol. The summed E-state index contributed by atoms with van der Waals surface area (Å²) in [5.74, 6) is -1.40. The number of aliphatic carboxylic acids is 1. The van der Waals surface area contributed by atoms with Crippen LogP contribution in [-0.2, 0) is 4.79 Å². The number of nitrogens with zero attached hydrogens (tertiary/aromatic N) is 1. The first-order chi connectivity index (χ1) is 6.99. The number of aliphatic hydroxyl groups excluding tert-OH is 1. The number of carboxylic acid groups (broad SMARTS) is 1. The zero-order chi connectivity index (χ0) is 11.6. The molecular formula is C9H5Br2NO3. The van der Waals surface area contributed by atoms with Gasteiger partial charge in [-0.25, -0.2) is 4.79 Å². The van der Waals surface area contributed by atoms with Gasteiger partial charge in [0, 0.05) is 14.5 Å². The molecule has 4 nitrogen and oxygen atoms in total. The summed E-state index contributed by atoms with van der Waals surface area (Å²) >= 11 is 6.29. The SMILES string of the molecule is N#Cc1ccc(Br)c(Br)c1C(O)C(=O)O. The van der Waals surface area contributed by atoms with Crippen molar-refractivity contribution < 1.29 is 15.0 Å². The maximum Gasteiger partial charge on any atom is 0.337 e. The number of carbonyl (C=O) groups is 1. The zero-order valence-corrected chi connectivity index (χ0v) is 10.4. The van der Waals surface area contributed by atoms with Crippen LogP contribution < -0.4 is 0 Å². The van der Waals surface area contributed by atoms with Gasteiger partial charge in [-0.15, -0.1) is 0 Å². The second kappa shape index (κ2) is 4.75. The van der Waals surface area contributed by atoms with E-state index in [-0.39, 0.29) is 11.1 Å². The van der Waals surface area contributed by atoms with E-state index < -0.39 is 12.1 Å². The minimum Gasteiger partial charge on any atom is -0.479 e. The number of hydrogen-bond donors (Lipinski definition) is 2. The maximum atomic E-state index is 10.6. The Morgan fingerprint density at radius 3 is 2.53 bits per heavy atom. The molecule has 15 heavy (non-hydrogen) atoms. The van der Waals surface area contributed by atoms with E-state index in [0.717, 1.165) is 0 Å². The number of halogens is 2. The van der Waals surface area contributed by atoms with Crippen LogP contribution in [0.1, 0.15) is 17.2 Å². The maximum absolute atomic E-state index is 10.6. The van der Waals surface area contributed by atoms with E-state index in [1.54, 1.807) is 6.07 Å². The van der Waals surface area contributed by atoms with Crippen LogP contribution in [0.25, 0.3) is 0 Å². The number of aliphatic hydroxyl groups is 1. The van der Waals surface area contributed by atoms with Crippen molar-refractivity contribution in [1.82, 2.24) is 0 Å². The number of nitriles is 1. The summed E-state index contributed by atoms with van der Waals surface area (Å²) < 4.78 is 0.952. The van der Waals surface area contributed by atoms with Crippen molar-refractivity contribution in [2.75, 3.05) is 0 Å². The number of rotatable bonds is 2. The molecule has 0 saturated carbocycles. The molecule has 1 aromatic carbocycles. The average Bonchev–Trinajstić information content (AvgIpc) is 2.20. The summed E-state index contributed by atoms with van der Waals surface area (Å²) in [5, 5.41) is 26.9. The fourth-order valence-electron chi connectivity index (χ4n) is 1.05. The van der Waals surface area contributed by atoms with Crippen LogP contribution in [-0.4, -0.2) is 16.2 Å². The lowest BCUT2D eigenvalue weighted by atomic mass is 10.0. The van der Waals surface area contributed by atoms with E-state index >= 15 is 0 Å². The smallest absolute Gasteiger partial charge is 0.337 e. The molecule has 0 fully saturated rings. The van der Waals surface area contributed by atoms with Crippen molar-refractivity contribution >= 4 is 37.8 Å². The first-order valence-corrected chi connectivity index (χ1v) is 5.36. The second-order valence-electron chi connectivity index (χ2n) is 2.68. The first-order valence-electron chi connectivity index (χ1n) is 3.78. The van der Waals surface area contributed by atoms with Crippen molar-refractivity contribution in [2.24, 2.45) is 0 Å². The highest BCUT2D eigenvalue weighted by atomic mass is 79.9. The van der Waals surface area contributed by atoms with Crippen LogP contribution in [0.4, 0.5) is 0 Å². The Balaban J connectivity index is 3.44. The molecule has 0 bridgehead atoms. The van der Waals surface area contributed by atoms with Crippen LogP contribution >= 0.6 is 31.9 Å². The fourth-order valence-corrected chi connectivity index (χ4v) is 1.96. The van der Waals surface area contributed by atoms with Gasteiger partial charge in [0.2, 0.25) is 0 Å². The summed E-state index contributed by atoms with van der Waals surface area (Å²) in [7, 11) is 0.